The first-order chi connectivity index (χ1) is 17.2. The van der Waals surface area contributed by atoms with Crippen molar-refractivity contribution in [1.82, 2.24) is 4.90 Å². The van der Waals surface area contributed by atoms with Crippen LogP contribution in [0.4, 0.5) is 11.4 Å². The van der Waals surface area contributed by atoms with Crippen molar-refractivity contribution in [2.75, 3.05) is 43.4 Å². The van der Waals surface area contributed by atoms with E-state index in [-0.39, 0.29) is 24.1 Å². The highest BCUT2D eigenvalue weighted by atomic mass is 16.6. The predicted molar refractivity (Wildman–Crippen MR) is 143 cm³/mol. The zero-order valence-electron chi connectivity index (χ0n) is 22.0. The van der Waals surface area contributed by atoms with Gasteiger partial charge in [-0.2, -0.15) is 0 Å². The summed E-state index contributed by atoms with van der Waals surface area (Å²) >= 11 is 0. The number of nitrogens with zero attached hydrogens (tertiary/aromatic N) is 2. The van der Waals surface area contributed by atoms with Gasteiger partial charge in [0.25, 0.3) is 0 Å². The molecule has 0 amide bonds. The second-order valence-corrected chi connectivity index (χ2v) is 10.9. The highest BCUT2D eigenvalue weighted by molar-refractivity contribution is 5.97. The normalized spacial score (nSPS) is 21.1. The summed E-state index contributed by atoms with van der Waals surface area (Å²) in [6, 6.07) is 15.3. The van der Waals surface area contributed by atoms with Gasteiger partial charge < -0.3 is 24.6 Å². The molecule has 36 heavy (non-hydrogen) atoms. The Morgan fingerprint density at radius 1 is 0.889 bits per heavy atom. The Morgan fingerprint density at radius 2 is 1.56 bits per heavy atom. The monoisotopic (exact) mass is 493 g/mol. The predicted octanol–water partition coefficient (Wildman–Crippen LogP) is 4.97. The van der Waals surface area contributed by atoms with Crippen molar-refractivity contribution in [2.45, 2.75) is 64.2 Å². The summed E-state index contributed by atoms with van der Waals surface area (Å²) in [5, 5.41) is 3.63. The molecule has 4 rings (SSSR count). The minimum absolute atomic E-state index is 0.0854. The summed E-state index contributed by atoms with van der Waals surface area (Å²) in [4.78, 5) is 30.1. The van der Waals surface area contributed by atoms with Gasteiger partial charge in [-0.25, -0.2) is 9.59 Å². The first kappa shape index (κ1) is 26.0. The summed E-state index contributed by atoms with van der Waals surface area (Å²) in [5.41, 5.74) is 2.50. The van der Waals surface area contributed by atoms with Crippen LogP contribution in [0.5, 0.6) is 0 Å². The zero-order chi connectivity index (χ0) is 25.7. The highest BCUT2D eigenvalue weighted by Gasteiger charge is 2.27. The van der Waals surface area contributed by atoms with Crippen LogP contribution in [0.3, 0.4) is 0 Å². The van der Waals surface area contributed by atoms with Crippen LogP contribution >= 0.6 is 0 Å². The molecule has 1 heterocycles. The second kappa shape index (κ2) is 11.3. The lowest BCUT2D eigenvalue weighted by atomic mass is 9.92. The van der Waals surface area contributed by atoms with Crippen LogP contribution in [0.15, 0.2) is 48.5 Å². The number of carbonyl (C=O) groups is 2. The lowest BCUT2D eigenvalue weighted by Gasteiger charge is -2.35. The molecule has 1 saturated carbocycles. The number of anilines is 2. The van der Waals surface area contributed by atoms with Crippen molar-refractivity contribution in [1.29, 1.82) is 0 Å². The van der Waals surface area contributed by atoms with Gasteiger partial charge >= 0.3 is 11.9 Å². The number of likely N-dealkylation sites (N-methyl/N-ethyl adjacent to an activating group) is 1. The fourth-order valence-electron chi connectivity index (χ4n) is 4.76. The molecule has 1 N–H and O–H groups in total. The van der Waals surface area contributed by atoms with Crippen molar-refractivity contribution in [3.05, 3.63) is 59.7 Å². The number of ether oxygens (including phenoxy) is 2. The molecule has 1 aliphatic carbocycles. The molecule has 2 fully saturated rings. The maximum absolute atomic E-state index is 13.0. The molecule has 7 nitrogen and oxygen atoms in total. The third kappa shape index (κ3) is 7.00. The first-order valence-corrected chi connectivity index (χ1v) is 13.0. The molecule has 0 aromatic heterocycles. The third-order valence-corrected chi connectivity index (χ3v) is 6.81. The van der Waals surface area contributed by atoms with Gasteiger partial charge in [0.15, 0.2) is 0 Å². The first-order valence-electron chi connectivity index (χ1n) is 13.0. The van der Waals surface area contributed by atoms with Gasteiger partial charge in [-0.3, -0.25) is 0 Å². The molecule has 194 valence electrons. The number of hydrogen-bond donors (Lipinski definition) is 1. The molecule has 0 bridgehead atoms. The summed E-state index contributed by atoms with van der Waals surface area (Å²) in [5.74, 6) is -0.584. The Balaban J connectivity index is 1.43. The van der Waals surface area contributed by atoms with Gasteiger partial charge in [-0.15, -0.1) is 0 Å². The fourth-order valence-corrected chi connectivity index (χ4v) is 4.76. The third-order valence-electron chi connectivity index (χ3n) is 6.81. The zero-order valence-corrected chi connectivity index (χ0v) is 22.0. The molecule has 7 heteroatoms. The number of carbonyl (C=O) groups excluding carboxylic acids is 2. The molecule has 0 atom stereocenters. The maximum Gasteiger partial charge on any atom is 0.340 e. The Labute approximate surface area is 214 Å². The van der Waals surface area contributed by atoms with Gasteiger partial charge in [0.2, 0.25) is 0 Å². The van der Waals surface area contributed by atoms with Crippen LogP contribution < -0.4 is 10.2 Å². The van der Waals surface area contributed by atoms with E-state index in [0.29, 0.717) is 11.1 Å². The van der Waals surface area contributed by atoms with E-state index in [0.717, 1.165) is 63.2 Å². The second-order valence-electron chi connectivity index (χ2n) is 10.9. The van der Waals surface area contributed by atoms with Crippen molar-refractivity contribution in [2.24, 2.45) is 0 Å². The van der Waals surface area contributed by atoms with Crippen LogP contribution in [-0.2, 0) is 9.47 Å². The molecule has 0 unspecified atom stereocenters. The Morgan fingerprint density at radius 3 is 2.19 bits per heavy atom. The Bertz CT molecular complexity index is 1030. The average molecular weight is 494 g/mol. The number of hydrogen-bond acceptors (Lipinski definition) is 7. The molecule has 0 radical (unpaired) electrons. The van der Waals surface area contributed by atoms with E-state index in [1.807, 2.05) is 51.1 Å². The van der Waals surface area contributed by atoms with E-state index < -0.39 is 5.60 Å². The fraction of sp³-hybridized carbons (Fsp3) is 0.517. The van der Waals surface area contributed by atoms with E-state index >= 15 is 0 Å². The van der Waals surface area contributed by atoms with E-state index in [1.54, 1.807) is 12.1 Å². The minimum atomic E-state index is -0.564. The molecule has 1 aliphatic heterocycles. The quantitative estimate of drug-likeness (QED) is 0.570. The smallest absolute Gasteiger partial charge is 0.340 e. The molecule has 1 saturated heterocycles. The Hall–Kier alpha value is -3.06. The number of nitrogens with one attached hydrogen (secondary N) is 1. The average Bonchev–Trinajstić information content (AvgIpc) is 2.85. The molecular formula is C29H39N3O4. The van der Waals surface area contributed by atoms with E-state index in [2.05, 4.69) is 28.2 Å². The van der Waals surface area contributed by atoms with Crippen LogP contribution in [0, 0.1) is 0 Å². The van der Waals surface area contributed by atoms with E-state index in [9.17, 15) is 9.59 Å². The number of esters is 2. The van der Waals surface area contributed by atoms with Crippen molar-refractivity contribution in [3.63, 3.8) is 0 Å². The molecular weight excluding hydrogens is 454 g/mol. The van der Waals surface area contributed by atoms with Crippen LogP contribution in [0.2, 0.25) is 0 Å². The Kier molecular flexibility index (Phi) is 8.19. The molecule has 0 spiro atoms. The van der Waals surface area contributed by atoms with E-state index in [4.69, 9.17) is 9.47 Å². The van der Waals surface area contributed by atoms with Crippen molar-refractivity contribution >= 4 is 23.3 Å². The summed E-state index contributed by atoms with van der Waals surface area (Å²) in [6.07, 6.45) is 3.21. The topological polar surface area (TPSA) is 71.1 Å². The molecule has 2 aromatic rings. The maximum atomic E-state index is 13.0. The lowest BCUT2D eigenvalue weighted by molar-refractivity contribution is 0.00690. The SMILES string of the molecule is CN1CCN(c2ccc(C(=O)OC(C)(C)C)c(N[C@H]3CC[C@@H](OC(=O)c4ccccc4)CC3)c2)CC1. The largest absolute Gasteiger partial charge is 0.459 e. The van der Waals surface area contributed by atoms with Crippen molar-refractivity contribution < 1.29 is 19.1 Å². The summed E-state index contributed by atoms with van der Waals surface area (Å²) in [6.45, 7) is 9.60. The number of benzene rings is 2. The lowest BCUT2D eigenvalue weighted by Crippen LogP contribution is -2.44. The number of rotatable bonds is 6. The van der Waals surface area contributed by atoms with Gasteiger partial charge in [0.1, 0.15) is 11.7 Å². The standard InChI is InChI=1S/C29H39N3O4/c1-29(2,3)36-28(34)25-15-12-23(32-18-16-31(4)17-19-32)20-26(25)30-22-10-13-24(14-11-22)35-27(33)21-8-6-5-7-9-21/h5-9,12,15,20,22,24,30H,10-11,13-14,16-19H2,1-4H3/t22-,24+. The van der Waals surface area contributed by atoms with Crippen LogP contribution in [0.25, 0.3) is 0 Å². The van der Waals surface area contributed by atoms with Crippen LogP contribution in [-0.4, -0.2) is 67.8 Å². The van der Waals surface area contributed by atoms with Gasteiger partial charge in [-0.1, -0.05) is 18.2 Å². The summed E-state index contributed by atoms with van der Waals surface area (Å²) < 4.78 is 11.4. The molecule has 2 aromatic carbocycles. The minimum Gasteiger partial charge on any atom is -0.459 e. The van der Waals surface area contributed by atoms with Crippen LogP contribution in [0.1, 0.15) is 67.2 Å². The van der Waals surface area contributed by atoms with Gasteiger partial charge in [0.05, 0.1) is 16.8 Å². The number of piperazine rings is 1. The van der Waals surface area contributed by atoms with Crippen molar-refractivity contribution in [3.8, 4) is 0 Å². The summed E-state index contributed by atoms with van der Waals surface area (Å²) in [7, 11) is 2.14. The van der Waals surface area contributed by atoms with Gasteiger partial charge in [-0.05, 0) is 83.8 Å². The highest BCUT2D eigenvalue weighted by Crippen LogP contribution is 2.31. The molecule has 2 aliphatic rings. The van der Waals surface area contributed by atoms with E-state index in [1.165, 1.54) is 0 Å². The van der Waals surface area contributed by atoms with Gasteiger partial charge in [0, 0.05) is 37.9 Å².